The zero-order chi connectivity index (χ0) is 17.2. The van der Waals surface area contributed by atoms with Gasteiger partial charge in [-0.15, -0.1) is 0 Å². The summed E-state index contributed by atoms with van der Waals surface area (Å²) in [5.74, 6) is -0.138. The van der Waals surface area contributed by atoms with E-state index in [1.165, 1.54) is 10.4 Å². The van der Waals surface area contributed by atoms with E-state index in [2.05, 4.69) is 6.58 Å². The molecule has 5 nitrogen and oxygen atoms in total. The van der Waals surface area contributed by atoms with E-state index in [1.54, 1.807) is 17.9 Å². The summed E-state index contributed by atoms with van der Waals surface area (Å²) < 4.78 is 27.4. The molecule has 23 heavy (non-hydrogen) atoms. The van der Waals surface area contributed by atoms with Gasteiger partial charge in [0.1, 0.15) is 0 Å². The van der Waals surface area contributed by atoms with Crippen molar-refractivity contribution in [1.29, 1.82) is 0 Å². The molecule has 0 radical (unpaired) electrons. The van der Waals surface area contributed by atoms with Crippen LogP contribution in [-0.4, -0.2) is 49.2 Å². The summed E-state index contributed by atoms with van der Waals surface area (Å²) in [6.07, 6.45) is 2.00. The lowest BCUT2D eigenvalue weighted by Gasteiger charge is -2.40. The Labute approximate surface area is 138 Å². The summed E-state index contributed by atoms with van der Waals surface area (Å²) in [6, 6.07) is 5.34. The number of amides is 1. The largest absolute Gasteiger partial charge is 0.334 e. The second-order valence-electron chi connectivity index (χ2n) is 5.93. The van der Waals surface area contributed by atoms with Crippen LogP contribution in [0.1, 0.15) is 24.5 Å². The second-order valence-corrected chi connectivity index (χ2v) is 7.84. The fraction of sp³-hybridized carbons (Fsp3) is 0.471. The predicted octanol–water partition coefficient (Wildman–Crippen LogP) is 2.10. The normalized spacial score (nSPS) is 19.6. The van der Waals surface area contributed by atoms with Crippen LogP contribution in [0.3, 0.4) is 0 Å². The van der Waals surface area contributed by atoms with Gasteiger partial charge in [-0.25, -0.2) is 8.42 Å². The standard InChI is InChI=1S/C17H24N2O3S/c1-5-15-12-18(9-10-19(15)17(20)6-2)23(21,22)16-11-13(3)7-8-14(16)4/h6-8,11,15H,2,5,9-10,12H2,1,3-4H3/t15-/m0/s1. The first-order valence-electron chi connectivity index (χ1n) is 7.81. The average molecular weight is 336 g/mol. The van der Waals surface area contributed by atoms with E-state index >= 15 is 0 Å². The van der Waals surface area contributed by atoms with E-state index in [4.69, 9.17) is 0 Å². The van der Waals surface area contributed by atoms with Crippen LogP contribution in [0, 0.1) is 13.8 Å². The molecule has 0 saturated carbocycles. The number of hydrogen-bond acceptors (Lipinski definition) is 3. The lowest BCUT2D eigenvalue weighted by molar-refractivity contribution is -0.130. The SMILES string of the molecule is C=CC(=O)N1CCN(S(=O)(=O)c2cc(C)ccc2C)C[C@@H]1CC. The van der Waals surface area contributed by atoms with Crippen molar-refractivity contribution in [2.75, 3.05) is 19.6 Å². The van der Waals surface area contributed by atoms with Gasteiger partial charge in [0.25, 0.3) is 0 Å². The molecule has 6 heteroatoms. The fourth-order valence-electron chi connectivity index (χ4n) is 2.93. The summed E-state index contributed by atoms with van der Waals surface area (Å²) in [6.45, 7) is 10.2. The van der Waals surface area contributed by atoms with Crippen LogP contribution in [0.25, 0.3) is 0 Å². The van der Waals surface area contributed by atoms with Gasteiger partial charge in [0.05, 0.1) is 4.90 Å². The summed E-state index contributed by atoms with van der Waals surface area (Å²) in [7, 11) is -3.54. The topological polar surface area (TPSA) is 57.7 Å². The fourth-order valence-corrected chi connectivity index (χ4v) is 4.70. The molecular formula is C17H24N2O3S. The minimum absolute atomic E-state index is 0.117. The lowest BCUT2D eigenvalue weighted by Crippen LogP contribution is -2.55. The smallest absolute Gasteiger partial charge is 0.246 e. The molecule has 1 amide bonds. The third-order valence-electron chi connectivity index (χ3n) is 4.34. The molecular weight excluding hydrogens is 312 g/mol. The summed E-state index contributed by atoms with van der Waals surface area (Å²) in [4.78, 5) is 14.0. The van der Waals surface area contributed by atoms with Crippen molar-refractivity contribution in [3.63, 3.8) is 0 Å². The number of hydrogen-bond donors (Lipinski definition) is 0. The van der Waals surface area contributed by atoms with Gasteiger partial charge in [0.2, 0.25) is 15.9 Å². The lowest BCUT2D eigenvalue weighted by atomic mass is 10.1. The third kappa shape index (κ3) is 3.48. The van der Waals surface area contributed by atoms with E-state index in [0.29, 0.717) is 31.0 Å². The van der Waals surface area contributed by atoms with Gasteiger partial charge in [-0.1, -0.05) is 25.6 Å². The average Bonchev–Trinajstić information content (AvgIpc) is 2.55. The number of carbonyl (C=O) groups excluding carboxylic acids is 1. The zero-order valence-electron chi connectivity index (χ0n) is 13.9. The van der Waals surface area contributed by atoms with Gasteiger partial charge >= 0.3 is 0 Å². The van der Waals surface area contributed by atoms with Gasteiger partial charge < -0.3 is 4.90 Å². The Bertz CT molecular complexity index is 713. The number of benzene rings is 1. The van der Waals surface area contributed by atoms with Crippen molar-refractivity contribution in [2.24, 2.45) is 0 Å². The van der Waals surface area contributed by atoms with Crippen LogP contribution in [0.2, 0.25) is 0 Å². The Balaban J connectivity index is 2.30. The molecule has 1 aromatic carbocycles. The molecule has 1 saturated heterocycles. The van der Waals surface area contributed by atoms with Crippen LogP contribution < -0.4 is 0 Å². The van der Waals surface area contributed by atoms with Crippen molar-refractivity contribution in [2.45, 2.75) is 38.1 Å². The molecule has 126 valence electrons. The number of nitrogens with zero attached hydrogens (tertiary/aromatic N) is 2. The van der Waals surface area contributed by atoms with Gasteiger partial charge in [0.15, 0.2) is 0 Å². The number of piperazine rings is 1. The maximum atomic E-state index is 13.0. The van der Waals surface area contributed by atoms with E-state index in [0.717, 1.165) is 11.1 Å². The van der Waals surface area contributed by atoms with Crippen LogP contribution in [0.15, 0.2) is 35.7 Å². The van der Waals surface area contributed by atoms with Crippen LogP contribution >= 0.6 is 0 Å². The monoisotopic (exact) mass is 336 g/mol. The van der Waals surface area contributed by atoms with Crippen LogP contribution in [0.4, 0.5) is 0 Å². The highest BCUT2D eigenvalue weighted by Gasteiger charge is 2.35. The number of aryl methyl sites for hydroxylation is 2. The second kappa shape index (κ2) is 6.84. The predicted molar refractivity (Wildman–Crippen MR) is 90.7 cm³/mol. The highest BCUT2D eigenvalue weighted by Crippen LogP contribution is 2.24. The maximum absolute atomic E-state index is 13.0. The first-order chi connectivity index (χ1) is 10.8. The minimum atomic E-state index is -3.54. The molecule has 0 N–H and O–H groups in total. The van der Waals surface area contributed by atoms with Crippen molar-refractivity contribution in [3.8, 4) is 0 Å². The number of carbonyl (C=O) groups is 1. The molecule has 0 bridgehead atoms. The molecule has 0 aromatic heterocycles. The molecule has 1 atom stereocenters. The first-order valence-corrected chi connectivity index (χ1v) is 9.25. The Morgan fingerprint density at radius 3 is 2.65 bits per heavy atom. The summed E-state index contributed by atoms with van der Waals surface area (Å²) in [5.41, 5.74) is 1.66. The molecule has 1 fully saturated rings. The van der Waals surface area contributed by atoms with Gasteiger partial charge in [0, 0.05) is 25.7 Å². The third-order valence-corrected chi connectivity index (χ3v) is 6.34. The molecule has 0 spiro atoms. The maximum Gasteiger partial charge on any atom is 0.246 e. The molecule has 1 aliphatic heterocycles. The summed E-state index contributed by atoms with van der Waals surface area (Å²) >= 11 is 0. The molecule has 0 unspecified atom stereocenters. The Morgan fingerprint density at radius 1 is 1.35 bits per heavy atom. The number of sulfonamides is 1. The Hall–Kier alpha value is -1.66. The molecule has 1 heterocycles. The van der Waals surface area contributed by atoms with Gasteiger partial charge in [-0.2, -0.15) is 4.31 Å². The highest BCUT2D eigenvalue weighted by atomic mass is 32.2. The zero-order valence-corrected chi connectivity index (χ0v) is 14.8. The molecule has 2 rings (SSSR count). The quantitative estimate of drug-likeness (QED) is 0.791. The molecule has 1 aromatic rings. The highest BCUT2D eigenvalue weighted by molar-refractivity contribution is 7.89. The van der Waals surface area contributed by atoms with Crippen molar-refractivity contribution >= 4 is 15.9 Å². The summed E-state index contributed by atoms with van der Waals surface area (Å²) in [5, 5.41) is 0. The van der Waals surface area contributed by atoms with E-state index in [9.17, 15) is 13.2 Å². The van der Waals surface area contributed by atoms with Crippen LogP contribution in [-0.2, 0) is 14.8 Å². The molecule has 0 aliphatic carbocycles. The minimum Gasteiger partial charge on any atom is -0.334 e. The van der Waals surface area contributed by atoms with E-state index in [1.807, 2.05) is 26.0 Å². The van der Waals surface area contributed by atoms with Crippen molar-refractivity contribution < 1.29 is 13.2 Å². The Morgan fingerprint density at radius 2 is 2.04 bits per heavy atom. The van der Waals surface area contributed by atoms with E-state index in [-0.39, 0.29) is 11.9 Å². The van der Waals surface area contributed by atoms with Gasteiger partial charge in [-0.05, 0) is 43.5 Å². The van der Waals surface area contributed by atoms with E-state index < -0.39 is 10.0 Å². The van der Waals surface area contributed by atoms with Crippen molar-refractivity contribution in [3.05, 3.63) is 42.0 Å². The van der Waals surface area contributed by atoms with Crippen molar-refractivity contribution in [1.82, 2.24) is 9.21 Å². The van der Waals surface area contributed by atoms with Crippen LogP contribution in [0.5, 0.6) is 0 Å². The van der Waals surface area contributed by atoms with Gasteiger partial charge in [-0.3, -0.25) is 4.79 Å². The Kier molecular flexibility index (Phi) is 5.26. The first kappa shape index (κ1) is 17.7. The molecule has 1 aliphatic rings. The number of rotatable bonds is 4.